The van der Waals surface area contributed by atoms with Gasteiger partial charge >= 0.3 is 0 Å². The largest absolute Gasteiger partial charge is 0.383 e. The molecule has 1 fully saturated rings. The van der Waals surface area contributed by atoms with Crippen molar-refractivity contribution in [2.45, 2.75) is 64.6 Å². The quantitative estimate of drug-likeness (QED) is 0.741. The molecule has 3 nitrogen and oxygen atoms in total. The summed E-state index contributed by atoms with van der Waals surface area (Å²) in [5.41, 5.74) is 0.361. The summed E-state index contributed by atoms with van der Waals surface area (Å²) in [4.78, 5) is 2.57. The van der Waals surface area contributed by atoms with E-state index >= 15 is 0 Å². The molecule has 0 spiro atoms. The summed E-state index contributed by atoms with van der Waals surface area (Å²) in [6.45, 7) is 13.9. The Morgan fingerprint density at radius 1 is 1.12 bits per heavy atom. The molecule has 1 rings (SSSR count). The summed E-state index contributed by atoms with van der Waals surface area (Å²) in [5, 5.41) is 0. The van der Waals surface area contributed by atoms with Gasteiger partial charge in [-0.1, -0.05) is 0 Å². The maximum absolute atomic E-state index is 5.85. The van der Waals surface area contributed by atoms with Crippen molar-refractivity contribution in [3.05, 3.63) is 0 Å². The van der Waals surface area contributed by atoms with Crippen LogP contribution in [0.1, 0.15) is 47.5 Å². The fourth-order valence-electron chi connectivity index (χ4n) is 3.37. The molecule has 3 heteroatoms. The highest BCUT2D eigenvalue weighted by atomic mass is 16.5. The van der Waals surface area contributed by atoms with Crippen molar-refractivity contribution in [3.8, 4) is 0 Å². The molecule has 17 heavy (non-hydrogen) atoms. The maximum atomic E-state index is 5.85. The first-order chi connectivity index (χ1) is 7.83. The van der Waals surface area contributed by atoms with Crippen molar-refractivity contribution in [2.75, 3.05) is 26.9 Å². The Morgan fingerprint density at radius 2 is 1.65 bits per heavy atom. The molecule has 0 N–H and O–H groups in total. The Bertz CT molecular complexity index is 220. The van der Waals surface area contributed by atoms with Gasteiger partial charge in [0.25, 0.3) is 0 Å². The number of hydrogen-bond donors (Lipinski definition) is 0. The summed E-state index contributed by atoms with van der Waals surface area (Å²) in [6, 6.07) is 0. The Kier molecular flexibility index (Phi) is 4.99. The van der Waals surface area contributed by atoms with Gasteiger partial charge < -0.3 is 9.47 Å². The fourth-order valence-corrected chi connectivity index (χ4v) is 3.37. The van der Waals surface area contributed by atoms with E-state index in [0.717, 1.165) is 32.6 Å². The van der Waals surface area contributed by atoms with Crippen molar-refractivity contribution in [3.63, 3.8) is 0 Å². The lowest BCUT2D eigenvalue weighted by Crippen LogP contribution is -2.62. The molecule has 0 unspecified atom stereocenters. The normalized spacial score (nSPS) is 25.1. The third kappa shape index (κ3) is 3.67. The summed E-state index contributed by atoms with van der Waals surface area (Å²) < 4.78 is 11.1. The van der Waals surface area contributed by atoms with E-state index in [2.05, 4.69) is 39.5 Å². The first-order valence-electron chi connectivity index (χ1n) is 6.72. The van der Waals surface area contributed by atoms with Crippen molar-refractivity contribution in [1.82, 2.24) is 4.90 Å². The van der Waals surface area contributed by atoms with Gasteiger partial charge in [-0.2, -0.15) is 0 Å². The predicted molar refractivity (Wildman–Crippen MR) is 71.4 cm³/mol. The first kappa shape index (κ1) is 14.9. The van der Waals surface area contributed by atoms with Gasteiger partial charge in [0.15, 0.2) is 0 Å². The van der Waals surface area contributed by atoms with Gasteiger partial charge in [0.05, 0.1) is 12.7 Å². The van der Waals surface area contributed by atoms with Crippen LogP contribution >= 0.6 is 0 Å². The van der Waals surface area contributed by atoms with Crippen LogP contribution in [0.5, 0.6) is 0 Å². The minimum atomic E-state index is 0.181. The highest BCUT2D eigenvalue weighted by Crippen LogP contribution is 2.39. The van der Waals surface area contributed by atoms with Crippen LogP contribution in [0.25, 0.3) is 0 Å². The topological polar surface area (TPSA) is 21.7 Å². The zero-order valence-corrected chi connectivity index (χ0v) is 12.4. The van der Waals surface area contributed by atoms with Crippen LogP contribution in [0.15, 0.2) is 0 Å². The summed E-state index contributed by atoms with van der Waals surface area (Å²) in [6.07, 6.45) is 2.60. The van der Waals surface area contributed by atoms with E-state index in [9.17, 15) is 0 Å². The average Bonchev–Trinajstić information content (AvgIpc) is 2.14. The van der Waals surface area contributed by atoms with Crippen molar-refractivity contribution < 1.29 is 9.47 Å². The Balaban J connectivity index is 2.76. The number of hydrogen-bond acceptors (Lipinski definition) is 3. The summed E-state index contributed by atoms with van der Waals surface area (Å²) in [5.74, 6) is 0. The Hall–Kier alpha value is -0.120. The third-order valence-electron chi connectivity index (χ3n) is 3.84. The van der Waals surface area contributed by atoms with Gasteiger partial charge in [0.1, 0.15) is 0 Å². The van der Waals surface area contributed by atoms with Crippen LogP contribution in [-0.4, -0.2) is 49.0 Å². The second kappa shape index (κ2) is 5.68. The molecule has 0 aromatic heterocycles. The molecule has 102 valence electrons. The lowest BCUT2D eigenvalue weighted by molar-refractivity contribution is -0.107. The summed E-state index contributed by atoms with van der Waals surface area (Å²) in [7, 11) is 1.77. The lowest BCUT2D eigenvalue weighted by atomic mass is 9.78. The molecular formula is C14H29NO2. The van der Waals surface area contributed by atoms with Gasteiger partial charge in [-0.3, -0.25) is 4.90 Å². The molecule has 0 bridgehead atoms. The highest BCUT2D eigenvalue weighted by Gasteiger charge is 2.45. The van der Waals surface area contributed by atoms with Crippen molar-refractivity contribution in [2.24, 2.45) is 0 Å². The number of rotatable bonds is 5. The third-order valence-corrected chi connectivity index (χ3v) is 3.84. The maximum Gasteiger partial charge on any atom is 0.0609 e. The molecule has 0 aliphatic carbocycles. The zero-order valence-electron chi connectivity index (χ0n) is 12.4. The van der Waals surface area contributed by atoms with E-state index in [1.165, 1.54) is 0 Å². The standard InChI is InChI=1S/C14H29NO2/c1-7-17-12-10-13(2,3)15(8-9-16-6)14(4,5)11-12/h12H,7-11H2,1-6H3. The van der Waals surface area contributed by atoms with Crippen LogP contribution in [0.3, 0.4) is 0 Å². The molecule has 0 saturated carbocycles. The molecule has 1 heterocycles. The van der Waals surface area contributed by atoms with Crippen LogP contribution in [0.2, 0.25) is 0 Å². The van der Waals surface area contributed by atoms with Crippen LogP contribution in [0, 0.1) is 0 Å². The molecule has 1 aliphatic heterocycles. The number of piperidine rings is 1. The predicted octanol–water partition coefficient (Wildman–Crippen LogP) is 2.69. The molecule has 0 radical (unpaired) electrons. The van der Waals surface area contributed by atoms with E-state index in [1.54, 1.807) is 7.11 Å². The first-order valence-corrected chi connectivity index (χ1v) is 6.72. The van der Waals surface area contributed by atoms with Crippen LogP contribution in [-0.2, 0) is 9.47 Å². The lowest BCUT2D eigenvalue weighted by Gasteiger charge is -2.55. The molecule has 0 amide bonds. The SMILES string of the molecule is CCOC1CC(C)(C)N(CCOC)C(C)(C)C1. The number of ether oxygens (including phenoxy) is 2. The number of likely N-dealkylation sites (tertiary alicyclic amines) is 1. The van der Waals surface area contributed by atoms with Gasteiger partial charge in [-0.05, 0) is 47.5 Å². The van der Waals surface area contributed by atoms with Crippen LogP contribution in [0.4, 0.5) is 0 Å². The fraction of sp³-hybridized carbons (Fsp3) is 1.00. The minimum Gasteiger partial charge on any atom is -0.383 e. The summed E-state index contributed by atoms with van der Waals surface area (Å²) >= 11 is 0. The van der Waals surface area contributed by atoms with E-state index < -0.39 is 0 Å². The molecule has 0 atom stereocenters. The molecule has 0 aromatic rings. The Morgan fingerprint density at radius 3 is 2.06 bits per heavy atom. The van der Waals surface area contributed by atoms with Gasteiger partial charge in [-0.25, -0.2) is 0 Å². The monoisotopic (exact) mass is 243 g/mol. The van der Waals surface area contributed by atoms with Gasteiger partial charge in [0, 0.05) is 31.3 Å². The molecule has 0 aromatic carbocycles. The van der Waals surface area contributed by atoms with Crippen molar-refractivity contribution >= 4 is 0 Å². The van der Waals surface area contributed by atoms with E-state index in [0.29, 0.717) is 6.10 Å². The minimum absolute atomic E-state index is 0.181. The van der Waals surface area contributed by atoms with Gasteiger partial charge in [-0.15, -0.1) is 0 Å². The molecule has 1 saturated heterocycles. The second-order valence-electron chi connectivity index (χ2n) is 6.25. The van der Waals surface area contributed by atoms with E-state index in [4.69, 9.17) is 9.47 Å². The molecular weight excluding hydrogens is 214 g/mol. The van der Waals surface area contributed by atoms with Crippen molar-refractivity contribution in [1.29, 1.82) is 0 Å². The van der Waals surface area contributed by atoms with Crippen LogP contribution < -0.4 is 0 Å². The van der Waals surface area contributed by atoms with Gasteiger partial charge in [0.2, 0.25) is 0 Å². The highest BCUT2D eigenvalue weighted by molar-refractivity contribution is 5.00. The smallest absolute Gasteiger partial charge is 0.0609 e. The Labute approximate surface area is 106 Å². The average molecular weight is 243 g/mol. The van der Waals surface area contributed by atoms with E-state index in [-0.39, 0.29) is 11.1 Å². The zero-order chi connectivity index (χ0) is 13.1. The number of nitrogens with zero attached hydrogens (tertiary/aromatic N) is 1. The molecule has 1 aliphatic rings. The van der Waals surface area contributed by atoms with E-state index in [1.807, 2.05) is 0 Å². The second-order valence-corrected chi connectivity index (χ2v) is 6.25. The number of methoxy groups -OCH3 is 1.